The van der Waals surface area contributed by atoms with Crippen molar-refractivity contribution in [3.05, 3.63) is 53.3 Å². The Kier molecular flexibility index (Phi) is 4.83. The number of benzene rings is 2. The second-order valence-electron chi connectivity index (χ2n) is 4.64. The fourth-order valence-electron chi connectivity index (χ4n) is 2.00. The standard InChI is InChI=1S/C15H16BFO4/c1-10-7-13(17)4-6-14(10)21-9-11-8-12(16(18)19)3-5-15(11)20-2/h3-8,18-19H,9H2,1-2H3. The summed E-state index contributed by atoms with van der Waals surface area (Å²) >= 11 is 0. The summed E-state index contributed by atoms with van der Waals surface area (Å²) in [5, 5.41) is 18.4. The van der Waals surface area contributed by atoms with E-state index in [-0.39, 0.29) is 12.4 Å². The van der Waals surface area contributed by atoms with Gasteiger partial charge in [0.1, 0.15) is 23.9 Å². The van der Waals surface area contributed by atoms with Gasteiger partial charge < -0.3 is 19.5 Å². The van der Waals surface area contributed by atoms with E-state index in [1.165, 1.54) is 19.2 Å². The average molecular weight is 290 g/mol. The summed E-state index contributed by atoms with van der Waals surface area (Å²) in [4.78, 5) is 0. The van der Waals surface area contributed by atoms with Crippen LogP contribution in [0.3, 0.4) is 0 Å². The molecule has 21 heavy (non-hydrogen) atoms. The van der Waals surface area contributed by atoms with E-state index >= 15 is 0 Å². The minimum absolute atomic E-state index is 0.177. The molecule has 0 spiro atoms. The molecule has 0 aromatic heterocycles. The highest BCUT2D eigenvalue weighted by Gasteiger charge is 2.14. The first-order valence-electron chi connectivity index (χ1n) is 6.43. The van der Waals surface area contributed by atoms with E-state index in [2.05, 4.69) is 0 Å². The molecule has 4 nitrogen and oxygen atoms in total. The van der Waals surface area contributed by atoms with Crippen LogP contribution in [0.5, 0.6) is 11.5 Å². The molecule has 0 bridgehead atoms. The zero-order chi connectivity index (χ0) is 15.4. The summed E-state index contributed by atoms with van der Waals surface area (Å²) in [6.07, 6.45) is 0. The van der Waals surface area contributed by atoms with Crippen molar-refractivity contribution in [3.63, 3.8) is 0 Å². The zero-order valence-electron chi connectivity index (χ0n) is 11.8. The molecule has 0 saturated carbocycles. The Bertz CT molecular complexity index is 631. The summed E-state index contributed by atoms with van der Waals surface area (Å²) in [7, 11) is -0.0287. The number of ether oxygens (including phenoxy) is 2. The number of aryl methyl sites for hydroxylation is 1. The van der Waals surface area contributed by atoms with Gasteiger partial charge in [-0.05, 0) is 42.2 Å². The lowest BCUT2D eigenvalue weighted by Gasteiger charge is -2.13. The van der Waals surface area contributed by atoms with E-state index < -0.39 is 7.12 Å². The number of hydrogen-bond donors (Lipinski definition) is 2. The quantitative estimate of drug-likeness (QED) is 0.817. The van der Waals surface area contributed by atoms with E-state index in [1.54, 1.807) is 31.2 Å². The molecule has 0 atom stereocenters. The molecule has 2 aromatic carbocycles. The molecule has 2 aromatic rings. The van der Waals surface area contributed by atoms with Gasteiger partial charge >= 0.3 is 7.12 Å². The molecular weight excluding hydrogens is 274 g/mol. The van der Waals surface area contributed by atoms with Gasteiger partial charge in [-0.1, -0.05) is 12.1 Å². The lowest BCUT2D eigenvalue weighted by Crippen LogP contribution is -2.30. The third-order valence-electron chi connectivity index (χ3n) is 3.12. The highest BCUT2D eigenvalue weighted by molar-refractivity contribution is 6.58. The first kappa shape index (κ1) is 15.3. The summed E-state index contributed by atoms with van der Waals surface area (Å²) in [6.45, 7) is 1.93. The first-order chi connectivity index (χ1) is 10.0. The van der Waals surface area contributed by atoms with E-state index in [0.717, 1.165) is 0 Å². The fourth-order valence-corrected chi connectivity index (χ4v) is 2.00. The fraction of sp³-hybridized carbons (Fsp3) is 0.200. The first-order valence-corrected chi connectivity index (χ1v) is 6.43. The van der Waals surface area contributed by atoms with Gasteiger partial charge in [0.15, 0.2) is 0 Å². The Morgan fingerprint density at radius 3 is 2.43 bits per heavy atom. The van der Waals surface area contributed by atoms with Crippen LogP contribution in [0.25, 0.3) is 0 Å². The van der Waals surface area contributed by atoms with Crippen LogP contribution in [-0.2, 0) is 6.61 Å². The van der Waals surface area contributed by atoms with Crippen LogP contribution >= 0.6 is 0 Å². The van der Waals surface area contributed by atoms with Gasteiger partial charge in [-0.2, -0.15) is 0 Å². The Balaban J connectivity index is 2.20. The van der Waals surface area contributed by atoms with Crippen LogP contribution in [0, 0.1) is 12.7 Å². The van der Waals surface area contributed by atoms with Gasteiger partial charge in [0, 0.05) is 5.56 Å². The van der Waals surface area contributed by atoms with Gasteiger partial charge in [0.2, 0.25) is 0 Å². The van der Waals surface area contributed by atoms with E-state index in [0.29, 0.717) is 28.1 Å². The molecular formula is C15H16BFO4. The molecule has 0 aliphatic rings. The number of methoxy groups -OCH3 is 1. The van der Waals surface area contributed by atoms with Crippen molar-refractivity contribution in [3.8, 4) is 11.5 Å². The molecule has 0 radical (unpaired) electrons. The molecule has 0 saturated heterocycles. The van der Waals surface area contributed by atoms with Crippen LogP contribution in [0.2, 0.25) is 0 Å². The molecule has 0 heterocycles. The molecule has 0 fully saturated rings. The number of hydrogen-bond acceptors (Lipinski definition) is 4. The Labute approximate surface area is 122 Å². The third-order valence-corrected chi connectivity index (χ3v) is 3.12. The monoisotopic (exact) mass is 290 g/mol. The number of rotatable bonds is 5. The molecule has 2 N–H and O–H groups in total. The maximum absolute atomic E-state index is 13.0. The highest BCUT2D eigenvalue weighted by atomic mass is 19.1. The zero-order valence-corrected chi connectivity index (χ0v) is 11.8. The minimum Gasteiger partial charge on any atom is -0.496 e. The summed E-state index contributed by atoms with van der Waals surface area (Å²) in [6, 6.07) is 9.08. The largest absolute Gasteiger partial charge is 0.496 e. The van der Waals surface area contributed by atoms with Crippen LogP contribution in [0.4, 0.5) is 4.39 Å². The van der Waals surface area contributed by atoms with Crippen molar-refractivity contribution in [2.24, 2.45) is 0 Å². The predicted molar refractivity (Wildman–Crippen MR) is 78.3 cm³/mol. The third kappa shape index (κ3) is 3.74. The second-order valence-corrected chi connectivity index (χ2v) is 4.64. The maximum Gasteiger partial charge on any atom is 0.488 e. The summed E-state index contributed by atoms with van der Waals surface area (Å²) in [5.74, 6) is 0.829. The van der Waals surface area contributed by atoms with Crippen molar-refractivity contribution in [2.75, 3.05) is 7.11 Å². The van der Waals surface area contributed by atoms with Gasteiger partial charge in [0.25, 0.3) is 0 Å². The van der Waals surface area contributed by atoms with Crippen LogP contribution in [0.1, 0.15) is 11.1 Å². The van der Waals surface area contributed by atoms with Gasteiger partial charge in [-0.25, -0.2) is 4.39 Å². The molecule has 0 unspecified atom stereocenters. The lowest BCUT2D eigenvalue weighted by atomic mass is 9.79. The van der Waals surface area contributed by atoms with Crippen molar-refractivity contribution >= 4 is 12.6 Å². The van der Waals surface area contributed by atoms with Crippen LogP contribution in [-0.4, -0.2) is 24.3 Å². The van der Waals surface area contributed by atoms with Crippen molar-refractivity contribution in [2.45, 2.75) is 13.5 Å². The smallest absolute Gasteiger partial charge is 0.488 e. The number of halogens is 1. The average Bonchev–Trinajstić information content (AvgIpc) is 2.46. The SMILES string of the molecule is COc1ccc(B(O)O)cc1COc1ccc(F)cc1C. The van der Waals surface area contributed by atoms with Crippen LogP contribution < -0.4 is 14.9 Å². The van der Waals surface area contributed by atoms with Crippen molar-refractivity contribution in [1.29, 1.82) is 0 Å². The van der Waals surface area contributed by atoms with Gasteiger partial charge in [0.05, 0.1) is 7.11 Å². The molecule has 2 rings (SSSR count). The highest BCUT2D eigenvalue weighted by Crippen LogP contribution is 2.22. The van der Waals surface area contributed by atoms with E-state index in [4.69, 9.17) is 9.47 Å². The Morgan fingerprint density at radius 2 is 1.81 bits per heavy atom. The van der Waals surface area contributed by atoms with Gasteiger partial charge in [-0.15, -0.1) is 0 Å². The Morgan fingerprint density at radius 1 is 1.10 bits per heavy atom. The normalized spacial score (nSPS) is 10.3. The second kappa shape index (κ2) is 6.60. The lowest BCUT2D eigenvalue weighted by molar-refractivity contribution is 0.294. The predicted octanol–water partition coefficient (Wildman–Crippen LogP) is 1.40. The minimum atomic E-state index is -1.55. The molecule has 6 heteroatoms. The molecule has 0 amide bonds. The van der Waals surface area contributed by atoms with E-state index in [9.17, 15) is 14.4 Å². The molecule has 110 valence electrons. The van der Waals surface area contributed by atoms with E-state index in [1.807, 2.05) is 0 Å². The topological polar surface area (TPSA) is 58.9 Å². The van der Waals surface area contributed by atoms with Crippen molar-refractivity contribution < 1.29 is 23.9 Å². The van der Waals surface area contributed by atoms with Gasteiger partial charge in [-0.3, -0.25) is 0 Å². The molecule has 0 aliphatic carbocycles. The van der Waals surface area contributed by atoms with Crippen LogP contribution in [0.15, 0.2) is 36.4 Å². The maximum atomic E-state index is 13.0. The Hall–Kier alpha value is -2.05. The summed E-state index contributed by atoms with van der Waals surface area (Å²) < 4.78 is 23.9. The van der Waals surface area contributed by atoms with Crippen molar-refractivity contribution in [1.82, 2.24) is 0 Å². The molecule has 0 aliphatic heterocycles. The summed E-state index contributed by atoms with van der Waals surface area (Å²) in [5.41, 5.74) is 1.71.